The maximum atomic E-state index is 5.48. The van der Waals surface area contributed by atoms with Crippen LogP contribution in [-0.2, 0) is 6.54 Å². The van der Waals surface area contributed by atoms with Gasteiger partial charge in [0.2, 0.25) is 0 Å². The van der Waals surface area contributed by atoms with Gasteiger partial charge in [0, 0.05) is 5.69 Å². The van der Waals surface area contributed by atoms with Gasteiger partial charge in [-0.15, -0.1) is 0 Å². The number of anilines is 1. The molecule has 0 unspecified atom stereocenters. The summed E-state index contributed by atoms with van der Waals surface area (Å²) in [6.45, 7) is 6.68. The van der Waals surface area contributed by atoms with Crippen LogP contribution in [0.2, 0.25) is 0 Å². The fraction of sp³-hybridized carbons (Fsp3) is 0.308. The summed E-state index contributed by atoms with van der Waals surface area (Å²) >= 11 is 0. The third-order valence-corrected chi connectivity index (χ3v) is 2.34. The predicted octanol–water partition coefficient (Wildman–Crippen LogP) is 3.21. The molecule has 0 aromatic carbocycles. The van der Waals surface area contributed by atoms with Crippen LogP contribution in [0.25, 0.3) is 0 Å². The molecule has 0 aliphatic rings. The van der Waals surface area contributed by atoms with Crippen molar-refractivity contribution in [1.29, 1.82) is 0 Å². The molecule has 0 radical (unpaired) electrons. The van der Waals surface area contributed by atoms with Crippen LogP contribution in [0.3, 0.4) is 0 Å². The van der Waals surface area contributed by atoms with Crippen LogP contribution < -0.4 is 5.32 Å². The molecule has 2 aromatic heterocycles. The van der Waals surface area contributed by atoms with Gasteiger partial charge in [0.25, 0.3) is 0 Å². The summed E-state index contributed by atoms with van der Waals surface area (Å²) in [6, 6.07) is 8.03. The zero-order valence-electron chi connectivity index (χ0n) is 9.87. The van der Waals surface area contributed by atoms with Gasteiger partial charge >= 0.3 is 0 Å². The summed E-state index contributed by atoms with van der Waals surface area (Å²) in [7, 11) is 0. The maximum Gasteiger partial charge on any atom is 0.126 e. The minimum Gasteiger partial charge on any atom is -0.465 e. The highest BCUT2D eigenvalue weighted by atomic mass is 16.3. The molecule has 0 fully saturated rings. The van der Waals surface area contributed by atoms with Gasteiger partial charge in [0.1, 0.15) is 17.3 Å². The highest BCUT2D eigenvalue weighted by Crippen LogP contribution is 2.12. The predicted molar refractivity (Wildman–Crippen MR) is 64.5 cm³/mol. The van der Waals surface area contributed by atoms with E-state index < -0.39 is 0 Å². The van der Waals surface area contributed by atoms with Gasteiger partial charge in [-0.05, 0) is 50.6 Å². The van der Waals surface area contributed by atoms with Gasteiger partial charge in [-0.2, -0.15) is 0 Å². The molecule has 2 aromatic rings. The van der Waals surface area contributed by atoms with Crippen molar-refractivity contribution in [2.24, 2.45) is 0 Å². The highest BCUT2D eigenvalue weighted by molar-refractivity contribution is 5.39. The van der Waals surface area contributed by atoms with E-state index in [9.17, 15) is 0 Å². The van der Waals surface area contributed by atoms with Crippen LogP contribution in [0.15, 0.2) is 28.7 Å². The number of nitrogens with zero attached hydrogens (tertiary/aromatic N) is 1. The molecule has 16 heavy (non-hydrogen) atoms. The Hall–Kier alpha value is -1.77. The normalized spacial score (nSPS) is 10.4. The molecule has 0 aliphatic carbocycles. The molecule has 0 atom stereocenters. The second kappa shape index (κ2) is 4.39. The lowest BCUT2D eigenvalue weighted by atomic mass is 10.2. The molecule has 0 aliphatic heterocycles. The van der Waals surface area contributed by atoms with Crippen LogP contribution >= 0.6 is 0 Å². The average Bonchev–Trinajstić information content (AvgIpc) is 2.60. The Kier molecular flexibility index (Phi) is 2.95. The lowest BCUT2D eigenvalue weighted by Crippen LogP contribution is -2.01. The number of rotatable bonds is 3. The molecule has 0 saturated heterocycles. The molecule has 2 rings (SSSR count). The number of pyridine rings is 1. The summed E-state index contributed by atoms with van der Waals surface area (Å²) in [5.74, 6) is 2.76. The Morgan fingerprint density at radius 1 is 1.19 bits per heavy atom. The number of aryl methyl sites for hydroxylation is 3. The molecule has 84 valence electrons. The molecule has 3 heteroatoms. The zero-order valence-corrected chi connectivity index (χ0v) is 9.87. The number of hydrogen-bond acceptors (Lipinski definition) is 3. The Bertz CT molecular complexity index is 468. The smallest absolute Gasteiger partial charge is 0.126 e. The van der Waals surface area contributed by atoms with Crippen LogP contribution in [0, 0.1) is 20.8 Å². The second-order valence-electron chi connectivity index (χ2n) is 4.04. The van der Waals surface area contributed by atoms with Gasteiger partial charge in [-0.3, -0.25) is 0 Å². The van der Waals surface area contributed by atoms with Crippen LogP contribution in [0.1, 0.15) is 22.8 Å². The monoisotopic (exact) mass is 216 g/mol. The van der Waals surface area contributed by atoms with Crippen molar-refractivity contribution in [3.05, 3.63) is 47.0 Å². The summed E-state index contributed by atoms with van der Waals surface area (Å²) < 4.78 is 5.48. The van der Waals surface area contributed by atoms with Crippen LogP contribution in [0.5, 0.6) is 0 Å². The van der Waals surface area contributed by atoms with Crippen LogP contribution in [0.4, 0.5) is 5.82 Å². The molecule has 0 amide bonds. The quantitative estimate of drug-likeness (QED) is 0.856. The molecule has 0 bridgehead atoms. The lowest BCUT2D eigenvalue weighted by molar-refractivity contribution is 0.490. The van der Waals surface area contributed by atoms with Crippen molar-refractivity contribution in [3.8, 4) is 0 Å². The average molecular weight is 216 g/mol. The first-order valence-corrected chi connectivity index (χ1v) is 5.38. The molecule has 2 heterocycles. The molecule has 0 spiro atoms. The van der Waals surface area contributed by atoms with E-state index in [0.717, 1.165) is 23.0 Å². The van der Waals surface area contributed by atoms with E-state index in [4.69, 9.17) is 4.42 Å². The van der Waals surface area contributed by atoms with Gasteiger partial charge in [0.05, 0.1) is 6.54 Å². The number of nitrogens with one attached hydrogen (secondary N) is 1. The maximum absolute atomic E-state index is 5.48. The second-order valence-corrected chi connectivity index (χ2v) is 4.04. The Labute approximate surface area is 95.5 Å². The van der Waals surface area contributed by atoms with Crippen molar-refractivity contribution in [1.82, 2.24) is 4.98 Å². The minimum absolute atomic E-state index is 0.670. The topological polar surface area (TPSA) is 38.1 Å². The van der Waals surface area contributed by atoms with Crippen molar-refractivity contribution < 1.29 is 4.42 Å². The first-order valence-electron chi connectivity index (χ1n) is 5.38. The molecule has 1 N–H and O–H groups in total. The third-order valence-electron chi connectivity index (χ3n) is 2.34. The Balaban J connectivity index is 2.04. The number of aromatic nitrogens is 1. The molecule has 0 saturated carbocycles. The largest absolute Gasteiger partial charge is 0.465 e. The standard InChI is InChI=1S/C13H16N2O/c1-9-6-10(2)15-13(7-9)14-8-12-5-4-11(3)16-12/h4-7H,8H2,1-3H3,(H,14,15). The molecular formula is C13H16N2O. The van der Waals surface area contributed by atoms with Crippen LogP contribution in [-0.4, -0.2) is 4.98 Å². The van der Waals surface area contributed by atoms with E-state index in [0.29, 0.717) is 6.54 Å². The fourth-order valence-corrected chi connectivity index (χ4v) is 1.69. The van der Waals surface area contributed by atoms with Crippen molar-refractivity contribution in [2.45, 2.75) is 27.3 Å². The van der Waals surface area contributed by atoms with E-state index in [2.05, 4.69) is 23.3 Å². The molecular weight excluding hydrogens is 200 g/mol. The zero-order chi connectivity index (χ0) is 11.5. The number of furan rings is 1. The first kappa shape index (κ1) is 10.7. The van der Waals surface area contributed by atoms with E-state index in [1.54, 1.807) is 0 Å². The van der Waals surface area contributed by atoms with Gasteiger partial charge < -0.3 is 9.73 Å². The SMILES string of the molecule is Cc1cc(C)nc(NCc2ccc(C)o2)c1. The van der Waals surface area contributed by atoms with E-state index in [1.165, 1.54) is 5.56 Å². The number of hydrogen-bond donors (Lipinski definition) is 1. The lowest BCUT2D eigenvalue weighted by Gasteiger charge is -2.05. The first-order chi connectivity index (χ1) is 7.63. The molecule has 3 nitrogen and oxygen atoms in total. The van der Waals surface area contributed by atoms with Crippen molar-refractivity contribution in [3.63, 3.8) is 0 Å². The highest BCUT2D eigenvalue weighted by Gasteiger charge is 2.00. The summed E-state index contributed by atoms with van der Waals surface area (Å²) in [5, 5.41) is 3.25. The van der Waals surface area contributed by atoms with E-state index in [1.807, 2.05) is 32.0 Å². The summed E-state index contributed by atoms with van der Waals surface area (Å²) in [6.07, 6.45) is 0. The third kappa shape index (κ3) is 2.63. The Morgan fingerprint density at radius 3 is 2.62 bits per heavy atom. The van der Waals surface area contributed by atoms with Gasteiger partial charge in [-0.1, -0.05) is 0 Å². The van der Waals surface area contributed by atoms with E-state index in [-0.39, 0.29) is 0 Å². The Morgan fingerprint density at radius 2 is 2.00 bits per heavy atom. The summed E-state index contributed by atoms with van der Waals surface area (Å²) in [5.41, 5.74) is 2.24. The fourth-order valence-electron chi connectivity index (χ4n) is 1.69. The van der Waals surface area contributed by atoms with Gasteiger partial charge in [0.15, 0.2) is 0 Å². The summed E-state index contributed by atoms with van der Waals surface area (Å²) in [4.78, 5) is 4.40. The van der Waals surface area contributed by atoms with Gasteiger partial charge in [-0.25, -0.2) is 4.98 Å². The minimum atomic E-state index is 0.670. The van der Waals surface area contributed by atoms with Crippen molar-refractivity contribution >= 4 is 5.82 Å². The van der Waals surface area contributed by atoms with E-state index >= 15 is 0 Å². The van der Waals surface area contributed by atoms with Crippen molar-refractivity contribution in [2.75, 3.05) is 5.32 Å².